The van der Waals surface area contributed by atoms with Crippen LogP contribution in [-0.4, -0.2) is 32.9 Å². The van der Waals surface area contributed by atoms with E-state index in [2.05, 4.69) is 20.5 Å². The Morgan fingerprint density at radius 1 is 1.33 bits per heavy atom. The van der Waals surface area contributed by atoms with Gasteiger partial charge in [-0.15, -0.1) is 10.2 Å². The molecule has 0 bridgehead atoms. The molecule has 1 aromatic rings. The summed E-state index contributed by atoms with van der Waals surface area (Å²) in [6.45, 7) is 0.714. The molecule has 0 radical (unpaired) electrons. The zero-order chi connectivity index (χ0) is 10.8. The van der Waals surface area contributed by atoms with Gasteiger partial charge in [-0.2, -0.15) is 4.98 Å². The van der Waals surface area contributed by atoms with E-state index >= 15 is 0 Å². The topological polar surface area (TPSA) is 70.9 Å². The SMILES string of the molecule is OC1CC(CNc2nc(Cl)nnc2Cl)C1. The minimum absolute atomic E-state index is 0.0653. The normalized spacial score (nSPS) is 24.7. The maximum atomic E-state index is 9.10. The van der Waals surface area contributed by atoms with Crippen LogP contribution in [0.3, 0.4) is 0 Å². The van der Waals surface area contributed by atoms with Gasteiger partial charge < -0.3 is 10.4 Å². The lowest BCUT2D eigenvalue weighted by atomic mass is 9.82. The molecular weight excluding hydrogens is 239 g/mol. The van der Waals surface area contributed by atoms with E-state index in [9.17, 15) is 0 Å². The molecular formula is C8H10Cl2N4O. The molecule has 0 aromatic carbocycles. The summed E-state index contributed by atoms with van der Waals surface area (Å²) in [4.78, 5) is 3.91. The average Bonchev–Trinajstić information content (AvgIpc) is 2.16. The molecule has 0 aliphatic heterocycles. The van der Waals surface area contributed by atoms with Gasteiger partial charge in [0.15, 0.2) is 11.0 Å². The molecule has 15 heavy (non-hydrogen) atoms. The van der Waals surface area contributed by atoms with Gasteiger partial charge in [0, 0.05) is 6.54 Å². The summed E-state index contributed by atoms with van der Waals surface area (Å²) in [7, 11) is 0. The van der Waals surface area contributed by atoms with Crippen molar-refractivity contribution in [3.8, 4) is 0 Å². The van der Waals surface area contributed by atoms with E-state index in [1.165, 1.54) is 0 Å². The number of nitrogens with zero attached hydrogens (tertiary/aromatic N) is 3. The average molecular weight is 249 g/mol. The Morgan fingerprint density at radius 3 is 2.73 bits per heavy atom. The Balaban J connectivity index is 1.90. The Bertz CT molecular complexity index is 356. The van der Waals surface area contributed by atoms with Crippen molar-refractivity contribution in [2.24, 2.45) is 5.92 Å². The van der Waals surface area contributed by atoms with Gasteiger partial charge in [-0.1, -0.05) is 11.6 Å². The number of halogens is 2. The van der Waals surface area contributed by atoms with Crippen LogP contribution < -0.4 is 5.32 Å². The number of aliphatic hydroxyl groups excluding tert-OH is 1. The van der Waals surface area contributed by atoms with E-state index in [0.29, 0.717) is 18.3 Å². The van der Waals surface area contributed by atoms with Crippen molar-refractivity contribution >= 4 is 29.0 Å². The van der Waals surface area contributed by atoms with E-state index in [0.717, 1.165) is 12.8 Å². The van der Waals surface area contributed by atoms with E-state index in [-0.39, 0.29) is 16.5 Å². The van der Waals surface area contributed by atoms with Crippen LogP contribution in [0.15, 0.2) is 0 Å². The van der Waals surface area contributed by atoms with Crippen molar-refractivity contribution in [1.82, 2.24) is 15.2 Å². The second-order valence-electron chi connectivity index (χ2n) is 3.59. The van der Waals surface area contributed by atoms with Crippen molar-refractivity contribution in [2.75, 3.05) is 11.9 Å². The molecule has 1 aromatic heterocycles. The third-order valence-corrected chi connectivity index (χ3v) is 2.80. The highest BCUT2D eigenvalue weighted by atomic mass is 35.5. The number of anilines is 1. The van der Waals surface area contributed by atoms with Crippen LogP contribution in [0, 0.1) is 5.92 Å². The molecule has 82 valence electrons. The molecule has 1 aliphatic carbocycles. The zero-order valence-corrected chi connectivity index (χ0v) is 9.33. The number of hydrogen-bond acceptors (Lipinski definition) is 5. The van der Waals surface area contributed by atoms with Crippen LogP contribution >= 0.6 is 23.2 Å². The molecule has 2 rings (SSSR count). The number of hydrogen-bond donors (Lipinski definition) is 2. The fourth-order valence-corrected chi connectivity index (χ4v) is 1.78. The maximum absolute atomic E-state index is 9.10. The summed E-state index contributed by atoms with van der Waals surface area (Å²) in [6.07, 6.45) is 1.48. The Morgan fingerprint density at radius 2 is 2.07 bits per heavy atom. The summed E-state index contributed by atoms with van der Waals surface area (Å²) in [5.74, 6) is 0.905. The molecule has 0 saturated heterocycles. The van der Waals surface area contributed by atoms with Crippen LogP contribution in [-0.2, 0) is 0 Å². The van der Waals surface area contributed by atoms with E-state index < -0.39 is 0 Å². The van der Waals surface area contributed by atoms with Gasteiger partial charge in [0.25, 0.3) is 0 Å². The van der Waals surface area contributed by atoms with Gasteiger partial charge in [0.1, 0.15) is 0 Å². The van der Waals surface area contributed by atoms with Crippen LogP contribution in [0.2, 0.25) is 10.4 Å². The maximum Gasteiger partial charge on any atom is 0.245 e. The minimum atomic E-state index is -0.153. The second-order valence-corrected chi connectivity index (χ2v) is 4.29. The second kappa shape index (κ2) is 4.47. The smallest absolute Gasteiger partial charge is 0.245 e. The number of aliphatic hydroxyl groups is 1. The molecule has 0 unspecified atom stereocenters. The van der Waals surface area contributed by atoms with Crippen molar-refractivity contribution in [1.29, 1.82) is 0 Å². The van der Waals surface area contributed by atoms with Gasteiger partial charge in [-0.3, -0.25) is 0 Å². The van der Waals surface area contributed by atoms with Crippen molar-refractivity contribution in [3.63, 3.8) is 0 Å². The van der Waals surface area contributed by atoms with Crippen molar-refractivity contribution in [2.45, 2.75) is 18.9 Å². The van der Waals surface area contributed by atoms with Crippen molar-refractivity contribution in [3.05, 3.63) is 10.4 Å². The molecule has 0 amide bonds. The highest BCUT2D eigenvalue weighted by molar-refractivity contribution is 6.32. The number of nitrogens with one attached hydrogen (secondary N) is 1. The van der Waals surface area contributed by atoms with Crippen LogP contribution in [0.5, 0.6) is 0 Å². The molecule has 1 saturated carbocycles. The Labute approximate surface area is 96.8 Å². The molecule has 0 spiro atoms. The molecule has 1 heterocycles. The van der Waals surface area contributed by atoms with E-state index in [4.69, 9.17) is 28.3 Å². The first-order chi connectivity index (χ1) is 7.15. The highest BCUT2D eigenvalue weighted by Gasteiger charge is 2.26. The highest BCUT2D eigenvalue weighted by Crippen LogP contribution is 2.27. The molecule has 0 atom stereocenters. The fraction of sp³-hybridized carbons (Fsp3) is 0.625. The van der Waals surface area contributed by atoms with Gasteiger partial charge in [0.05, 0.1) is 6.10 Å². The Kier molecular flexibility index (Phi) is 3.23. The zero-order valence-electron chi connectivity index (χ0n) is 7.82. The lowest BCUT2D eigenvalue weighted by Crippen LogP contribution is -2.33. The molecule has 7 heteroatoms. The summed E-state index contributed by atoms with van der Waals surface area (Å²) < 4.78 is 0. The fourth-order valence-electron chi connectivity index (χ4n) is 1.51. The summed E-state index contributed by atoms with van der Waals surface area (Å²) in [5.41, 5.74) is 0. The van der Waals surface area contributed by atoms with Crippen LogP contribution in [0.4, 0.5) is 5.82 Å². The van der Waals surface area contributed by atoms with Gasteiger partial charge in [0.2, 0.25) is 5.28 Å². The number of rotatable bonds is 3. The standard InChI is InChI=1S/C8H10Cl2N4O/c9-6-7(12-8(10)14-13-6)11-3-4-1-5(15)2-4/h4-5,15H,1-3H2,(H,11,12,14). The molecule has 1 aliphatic rings. The van der Waals surface area contributed by atoms with Crippen LogP contribution in [0.25, 0.3) is 0 Å². The predicted octanol–water partition coefficient (Wildman–Crippen LogP) is 1.36. The largest absolute Gasteiger partial charge is 0.393 e. The predicted molar refractivity (Wildman–Crippen MR) is 57.1 cm³/mol. The molecule has 1 fully saturated rings. The van der Waals surface area contributed by atoms with E-state index in [1.807, 2.05) is 0 Å². The first-order valence-corrected chi connectivity index (χ1v) is 5.38. The molecule has 5 nitrogen and oxygen atoms in total. The third-order valence-electron chi connectivity index (χ3n) is 2.39. The molecule has 2 N–H and O–H groups in total. The first-order valence-electron chi connectivity index (χ1n) is 4.63. The summed E-state index contributed by atoms with van der Waals surface area (Å²) in [5, 5.41) is 19.5. The first kappa shape index (κ1) is 10.9. The van der Waals surface area contributed by atoms with Crippen molar-refractivity contribution < 1.29 is 5.11 Å². The lowest BCUT2D eigenvalue weighted by Gasteiger charge is -2.31. The van der Waals surface area contributed by atoms with Crippen LogP contribution in [0.1, 0.15) is 12.8 Å². The van der Waals surface area contributed by atoms with Gasteiger partial charge >= 0.3 is 0 Å². The quantitative estimate of drug-likeness (QED) is 0.846. The van der Waals surface area contributed by atoms with E-state index in [1.54, 1.807) is 0 Å². The monoisotopic (exact) mass is 248 g/mol. The lowest BCUT2D eigenvalue weighted by molar-refractivity contribution is 0.0486. The number of aromatic nitrogens is 3. The summed E-state index contributed by atoms with van der Waals surface area (Å²) in [6, 6.07) is 0. The minimum Gasteiger partial charge on any atom is -0.393 e. The Hall–Kier alpha value is -0.650. The van der Waals surface area contributed by atoms with Gasteiger partial charge in [-0.25, -0.2) is 0 Å². The summed E-state index contributed by atoms with van der Waals surface area (Å²) >= 11 is 11.3. The third kappa shape index (κ3) is 2.68. The van der Waals surface area contributed by atoms with Gasteiger partial charge in [-0.05, 0) is 30.4 Å².